The lowest BCUT2D eigenvalue weighted by molar-refractivity contribution is -0.132. The molecular formula is C28H30N2O4S. The molecule has 35 heavy (non-hydrogen) atoms. The SMILES string of the molecule is CCOc1ccc(/C(O)=C2\C(=O)C(=O)N(c3nc(C)c(C)s3)[C@@H]2c2ccc(C(C)(C)C)cc2)cc1. The number of ketones is 1. The zero-order valence-electron chi connectivity index (χ0n) is 20.9. The molecule has 0 spiro atoms. The maximum absolute atomic E-state index is 13.3. The van der Waals surface area contributed by atoms with Crippen LogP contribution in [-0.4, -0.2) is 28.4 Å². The first-order chi connectivity index (χ1) is 16.5. The summed E-state index contributed by atoms with van der Waals surface area (Å²) in [5.74, 6) is -0.987. The number of hydrogen-bond acceptors (Lipinski definition) is 6. The molecule has 1 atom stereocenters. The Morgan fingerprint density at radius 2 is 1.69 bits per heavy atom. The first-order valence-electron chi connectivity index (χ1n) is 11.6. The van der Waals surface area contributed by atoms with Gasteiger partial charge < -0.3 is 9.84 Å². The number of aliphatic hydroxyl groups excluding tert-OH is 1. The van der Waals surface area contributed by atoms with Crippen molar-refractivity contribution in [1.29, 1.82) is 0 Å². The van der Waals surface area contributed by atoms with Crippen molar-refractivity contribution < 1.29 is 19.4 Å². The summed E-state index contributed by atoms with van der Waals surface area (Å²) in [4.78, 5) is 33.6. The van der Waals surface area contributed by atoms with Crippen LogP contribution in [0.3, 0.4) is 0 Å². The molecule has 1 aliphatic rings. The van der Waals surface area contributed by atoms with Crippen LogP contribution >= 0.6 is 11.3 Å². The predicted molar refractivity (Wildman–Crippen MR) is 139 cm³/mol. The van der Waals surface area contributed by atoms with Gasteiger partial charge in [-0.1, -0.05) is 45.0 Å². The van der Waals surface area contributed by atoms with E-state index >= 15 is 0 Å². The lowest BCUT2D eigenvalue weighted by Gasteiger charge is -2.25. The number of aromatic nitrogens is 1. The summed E-state index contributed by atoms with van der Waals surface area (Å²) in [6.07, 6.45) is 0. The molecule has 4 rings (SSSR count). The molecule has 1 saturated heterocycles. The molecule has 2 aromatic carbocycles. The Labute approximate surface area is 209 Å². The first-order valence-corrected chi connectivity index (χ1v) is 12.4. The van der Waals surface area contributed by atoms with Crippen LogP contribution in [0.4, 0.5) is 5.13 Å². The van der Waals surface area contributed by atoms with Gasteiger partial charge in [0, 0.05) is 10.4 Å². The van der Waals surface area contributed by atoms with Crippen molar-refractivity contribution in [3.63, 3.8) is 0 Å². The summed E-state index contributed by atoms with van der Waals surface area (Å²) in [7, 11) is 0. The number of ether oxygens (including phenoxy) is 1. The standard InChI is InChI=1S/C28H30N2O4S/c1-7-34-21-14-10-19(11-15-21)24(31)22-23(18-8-12-20(13-9-18)28(4,5)6)30(26(33)25(22)32)27-29-16(2)17(3)35-27/h8-15,23,31H,7H2,1-6H3/b24-22+/t23-/m1/s1. The second-order valence-electron chi connectivity index (χ2n) is 9.64. The fourth-order valence-corrected chi connectivity index (χ4v) is 5.04. The van der Waals surface area contributed by atoms with E-state index in [2.05, 4.69) is 25.8 Å². The molecule has 1 fully saturated rings. The van der Waals surface area contributed by atoms with E-state index in [0.29, 0.717) is 23.1 Å². The van der Waals surface area contributed by atoms with Gasteiger partial charge in [0.05, 0.1) is 23.9 Å². The monoisotopic (exact) mass is 490 g/mol. The average molecular weight is 491 g/mol. The number of hydrogen-bond donors (Lipinski definition) is 1. The molecule has 1 amide bonds. The van der Waals surface area contributed by atoms with Gasteiger partial charge >= 0.3 is 5.91 Å². The molecular weight excluding hydrogens is 460 g/mol. The Kier molecular flexibility index (Phi) is 6.56. The van der Waals surface area contributed by atoms with E-state index in [1.165, 1.54) is 16.2 Å². The van der Waals surface area contributed by atoms with Crippen molar-refractivity contribution in [3.05, 3.63) is 81.4 Å². The number of anilines is 1. The zero-order chi connectivity index (χ0) is 25.5. The highest BCUT2D eigenvalue weighted by Gasteiger charge is 2.48. The maximum Gasteiger partial charge on any atom is 0.301 e. The van der Waals surface area contributed by atoms with Gasteiger partial charge in [0.15, 0.2) is 5.13 Å². The van der Waals surface area contributed by atoms with Gasteiger partial charge in [0.1, 0.15) is 11.5 Å². The Morgan fingerprint density at radius 1 is 1.06 bits per heavy atom. The van der Waals surface area contributed by atoms with E-state index in [1.807, 2.05) is 45.0 Å². The number of rotatable bonds is 5. The van der Waals surface area contributed by atoms with Crippen LogP contribution in [0.15, 0.2) is 54.1 Å². The number of carbonyl (C=O) groups excluding carboxylic acids is 2. The van der Waals surface area contributed by atoms with Crippen LogP contribution in [0, 0.1) is 13.8 Å². The van der Waals surface area contributed by atoms with E-state index in [1.54, 1.807) is 24.3 Å². The molecule has 3 aromatic rings. The van der Waals surface area contributed by atoms with E-state index in [9.17, 15) is 14.7 Å². The predicted octanol–water partition coefficient (Wildman–Crippen LogP) is 6.08. The minimum Gasteiger partial charge on any atom is -0.507 e. The lowest BCUT2D eigenvalue weighted by Crippen LogP contribution is -2.29. The number of thiazole rings is 1. The van der Waals surface area contributed by atoms with Crippen LogP contribution in [0.25, 0.3) is 5.76 Å². The lowest BCUT2D eigenvalue weighted by atomic mass is 9.85. The van der Waals surface area contributed by atoms with E-state index in [-0.39, 0.29) is 16.7 Å². The highest BCUT2D eigenvalue weighted by atomic mass is 32.1. The summed E-state index contributed by atoms with van der Waals surface area (Å²) in [6, 6.07) is 13.9. The van der Waals surface area contributed by atoms with Crippen LogP contribution in [-0.2, 0) is 15.0 Å². The summed E-state index contributed by atoms with van der Waals surface area (Å²) in [6.45, 7) is 12.6. The van der Waals surface area contributed by atoms with Crippen molar-refractivity contribution in [2.24, 2.45) is 0 Å². The fourth-order valence-electron chi connectivity index (χ4n) is 4.10. The maximum atomic E-state index is 13.3. The van der Waals surface area contributed by atoms with E-state index in [0.717, 1.165) is 21.7 Å². The molecule has 0 unspecified atom stereocenters. The molecule has 2 heterocycles. The van der Waals surface area contributed by atoms with Gasteiger partial charge in [0.2, 0.25) is 0 Å². The van der Waals surface area contributed by atoms with Gasteiger partial charge in [-0.25, -0.2) is 4.98 Å². The Hall–Kier alpha value is -3.45. The summed E-state index contributed by atoms with van der Waals surface area (Å²) < 4.78 is 5.49. The Bertz CT molecular complexity index is 1280. The number of aliphatic hydroxyl groups is 1. The molecule has 6 nitrogen and oxygen atoms in total. The number of aryl methyl sites for hydroxylation is 2. The number of carbonyl (C=O) groups is 2. The fraction of sp³-hybridized carbons (Fsp3) is 0.321. The number of Topliss-reactive ketones (excluding diaryl/α,β-unsaturated/α-hetero) is 1. The molecule has 0 bridgehead atoms. The van der Waals surface area contributed by atoms with Gasteiger partial charge in [-0.15, -0.1) is 11.3 Å². The molecule has 7 heteroatoms. The summed E-state index contributed by atoms with van der Waals surface area (Å²) >= 11 is 1.36. The number of nitrogens with zero attached hydrogens (tertiary/aromatic N) is 2. The second kappa shape index (κ2) is 9.30. The summed E-state index contributed by atoms with van der Waals surface area (Å²) in [5.41, 5.74) is 3.11. The second-order valence-corrected chi connectivity index (χ2v) is 10.8. The van der Waals surface area contributed by atoms with Crippen LogP contribution in [0.1, 0.15) is 61.0 Å². The third-order valence-electron chi connectivity index (χ3n) is 6.20. The van der Waals surface area contributed by atoms with Gasteiger partial charge in [-0.05, 0) is 61.6 Å². The topological polar surface area (TPSA) is 79.7 Å². The quantitative estimate of drug-likeness (QED) is 0.266. The van der Waals surface area contributed by atoms with Crippen LogP contribution in [0.2, 0.25) is 0 Å². The minimum absolute atomic E-state index is 0.0492. The minimum atomic E-state index is -0.791. The normalized spacial score (nSPS) is 17.8. The van der Waals surface area contributed by atoms with Crippen molar-refractivity contribution in [3.8, 4) is 5.75 Å². The first kappa shape index (κ1) is 24.7. The largest absolute Gasteiger partial charge is 0.507 e. The summed E-state index contributed by atoms with van der Waals surface area (Å²) in [5, 5.41) is 11.7. The number of benzene rings is 2. The molecule has 0 saturated carbocycles. The Morgan fingerprint density at radius 3 is 2.20 bits per heavy atom. The molecule has 0 radical (unpaired) electrons. The Balaban J connectivity index is 1.88. The van der Waals surface area contributed by atoms with Crippen LogP contribution in [0.5, 0.6) is 5.75 Å². The highest BCUT2D eigenvalue weighted by molar-refractivity contribution is 7.16. The molecule has 1 aliphatic heterocycles. The highest BCUT2D eigenvalue weighted by Crippen LogP contribution is 2.44. The van der Waals surface area contributed by atoms with Crippen LogP contribution < -0.4 is 9.64 Å². The van der Waals surface area contributed by atoms with Crippen molar-refractivity contribution in [1.82, 2.24) is 4.98 Å². The van der Waals surface area contributed by atoms with Crippen molar-refractivity contribution >= 4 is 33.9 Å². The smallest absolute Gasteiger partial charge is 0.301 e. The van der Waals surface area contributed by atoms with E-state index in [4.69, 9.17) is 4.74 Å². The molecule has 1 aromatic heterocycles. The molecule has 0 aliphatic carbocycles. The van der Waals surface area contributed by atoms with Gasteiger partial charge in [-0.2, -0.15) is 0 Å². The van der Waals surface area contributed by atoms with Gasteiger partial charge in [0.25, 0.3) is 5.78 Å². The number of amides is 1. The third-order valence-corrected chi connectivity index (χ3v) is 7.27. The van der Waals surface area contributed by atoms with Crippen molar-refractivity contribution in [2.75, 3.05) is 11.5 Å². The van der Waals surface area contributed by atoms with Crippen molar-refractivity contribution in [2.45, 2.75) is 53.0 Å². The average Bonchev–Trinajstić information content (AvgIpc) is 3.28. The van der Waals surface area contributed by atoms with E-state index < -0.39 is 17.7 Å². The van der Waals surface area contributed by atoms with Gasteiger partial charge in [-0.3, -0.25) is 14.5 Å². The molecule has 1 N–H and O–H groups in total. The third kappa shape index (κ3) is 4.60. The molecule has 182 valence electrons. The zero-order valence-corrected chi connectivity index (χ0v) is 21.7.